The van der Waals surface area contributed by atoms with Gasteiger partial charge in [-0.1, -0.05) is 39.0 Å². The topological polar surface area (TPSA) is 38.3 Å². The molecule has 1 heterocycles. The highest BCUT2D eigenvalue weighted by atomic mass is 19.1. The first-order chi connectivity index (χ1) is 11.9. The van der Waals surface area contributed by atoms with E-state index in [-0.39, 0.29) is 40.6 Å². The van der Waals surface area contributed by atoms with Crippen LogP contribution < -0.4 is 5.32 Å². The maximum atomic E-state index is 14.4. The smallest absolute Gasteiger partial charge is 0.219 e. The zero-order valence-electron chi connectivity index (χ0n) is 15.3. The molecule has 0 unspecified atom stereocenters. The number of benzene rings is 1. The zero-order valence-corrected chi connectivity index (χ0v) is 15.3. The Morgan fingerprint density at radius 1 is 1.36 bits per heavy atom. The highest BCUT2D eigenvalue weighted by Gasteiger charge is 2.68. The van der Waals surface area contributed by atoms with Crippen molar-refractivity contribution in [2.75, 3.05) is 6.61 Å². The normalized spacial score (nSPS) is 38.4. The molecule has 2 saturated carbocycles. The van der Waals surface area contributed by atoms with Gasteiger partial charge in [0, 0.05) is 24.6 Å². The molecule has 1 saturated heterocycles. The molecule has 3 aliphatic rings. The Morgan fingerprint density at radius 2 is 2.12 bits per heavy atom. The van der Waals surface area contributed by atoms with Crippen LogP contribution in [-0.4, -0.2) is 18.6 Å². The van der Waals surface area contributed by atoms with Crippen LogP contribution in [0.4, 0.5) is 4.39 Å². The minimum Gasteiger partial charge on any atom is -0.373 e. The molecule has 25 heavy (non-hydrogen) atoms. The van der Waals surface area contributed by atoms with Crippen molar-refractivity contribution >= 4 is 5.91 Å². The molecule has 0 radical (unpaired) electrons. The summed E-state index contributed by atoms with van der Waals surface area (Å²) in [6.07, 6.45) is 3.44. The van der Waals surface area contributed by atoms with Gasteiger partial charge >= 0.3 is 0 Å². The summed E-state index contributed by atoms with van der Waals surface area (Å²) in [6.45, 7) is 7.11. The van der Waals surface area contributed by atoms with Gasteiger partial charge in [0.1, 0.15) is 5.82 Å². The van der Waals surface area contributed by atoms with Crippen LogP contribution in [0.25, 0.3) is 0 Å². The van der Waals surface area contributed by atoms with Crippen molar-refractivity contribution in [1.29, 1.82) is 0 Å². The minimum atomic E-state index is -0.197. The van der Waals surface area contributed by atoms with Gasteiger partial charge in [-0.25, -0.2) is 4.39 Å². The van der Waals surface area contributed by atoms with Crippen molar-refractivity contribution in [3.05, 3.63) is 35.6 Å². The second kappa shape index (κ2) is 5.80. The summed E-state index contributed by atoms with van der Waals surface area (Å²) in [6, 6.07) is 7.14. The predicted molar refractivity (Wildman–Crippen MR) is 94.4 cm³/mol. The molecule has 4 rings (SSSR count). The van der Waals surface area contributed by atoms with E-state index in [1.54, 1.807) is 6.07 Å². The molecule has 1 N–H and O–H groups in total. The number of carbonyl (C=O) groups is 1. The van der Waals surface area contributed by atoms with Crippen molar-refractivity contribution in [3.63, 3.8) is 0 Å². The second-order valence-corrected chi connectivity index (χ2v) is 8.71. The molecule has 0 aromatic heterocycles. The molecule has 3 nitrogen and oxygen atoms in total. The third-order valence-corrected chi connectivity index (χ3v) is 7.34. The third kappa shape index (κ3) is 2.37. The number of rotatable bonds is 3. The predicted octanol–water partition coefficient (Wildman–Crippen LogP) is 4.23. The molecule has 2 aliphatic carbocycles. The molecular formula is C21H28FNO2. The summed E-state index contributed by atoms with van der Waals surface area (Å²) in [4.78, 5) is 12.2. The molecule has 3 fully saturated rings. The van der Waals surface area contributed by atoms with Crippen LogP contribution in [-0.2, 0) is 9.53 Å². The maximum absolute atomic E-state index is 14.4. The van der Waals surface area contributed by atoms with Crippen LogP contribution in [0, 0.1) is 28.5 Å². The summed E-state index contributed by atoms with van der Waals surface area (Å²) >= 11 is 0. The van der Waals surface area contributed by atoms with E-state index in [0.29, 0.717) is 24.5 Å². The van der Waals surface area contributed by atoms with E-state index in [9.17, 15) is 9.18 Å². The summed E-state index contributed by atoms with van der Waals surface area (Å²) in [5.74, 6) is 0.766. The van der Waals surface area contributed by atoms with Gasteiger partial charge in [-0.2, -0.15) is 0 Å². The largest absolute Gasteiger partial charge is 0.373 e. The summed E-state index contributed by atoms with van der Waals surface area (Å²) in [7, 11) is 0. The van der Waals surface area contributed by atoms with Gasteiger partial charge in [-0.3, -0.25) is 4.79 Å². The fraction of sp³-hybridized carbons (Fsp3) is 0.667. The molecule has 136 valence electrons. The first-order valence-corrected chi connectivity index (χ1v) is 9.55. The lowest BCUT2D eigenvalue weighted by Gasteiger charge is -2.53. The van der Waals surface area contributed by atoms with Crippen molar-refractivity contribution < 1.29 is 13.9 Å². The van der Waals surface area contributed by atoms with Crippen molar-refractivity contribution in [2.45, 2.75) is 58.6 Å². The number of ether oxygens (including phenoxy) is 1. The van der Waals surface area contributed by atoms with Crippen molar-refractivity contribution in [2.24, 2.45) is 22.7 Å². The fourth-order valence-corrected chi connectivity index (χ4v) is 6.06. The van der Waals surface area contributed by atoms with Gasteiger partial charge in [-0.05, 0) is 48.0 Å². The fourth-order valence-electron chi connectivity index (χ4n) is 6.06. The summed E-state index contributed by atoms with van der Waals surface area (Å²) < 4.78 is 20.5. The Labute approximate surface area is 149 Å². The first-order valence-electron chi connectivity index (χ1n) is 9.55. The van der Waals surface area contributed by atoms with Gasteiger partial charge in [0.2, 0.25) is 5.91 Å². The number of amides is 1. The SMILES string of the molecule is CCC(=O)N[C@@H]1C(C)(C)[C@@H]2C[C@@H]3[C@@H](c4ccccc4F)OCC[C@@]31C2. The van der Waals surface area contributed by atoms with E-state index in [1.165, 1.54) is 6.07 Å². The molecule has 1 aliphatic heterocycles. The average molecular weight is 345 g/mol. The van der Waals surface area contributed by atoms with Gasteiger partial charge in [0.05, 0.1) is 6.10 Å². The number of carbonyl (C=O) groups excluding carboxylic acids is 1. The van der Waals surface area contributed by atoms with Crippen LogP contribution in [0.15, 0.2) is 24.3 Å². The van der Waals surface area contributed by atoms with Gasteiger partial charge in [-0.15, -0.1) is 0 Å². The minimum absolute atomic E-state index is 0.0319. The number of nitrogens with one attached hydrogen (secondary N) is 1. The van der Waals surface area contributed by atoms with E-state index in [0.717, 1.165) is 19.3 Å². The highest BCUT2D eigenvalue weighted by molar-refractivity contribution is 5.76. The van der Waals surface area contributed by atoms with Gasteiger partial charge < -0.3 is 10.1 Å². The molecule has 5 atom stereocenters. The van der Waals surface area contributed by atoms with Crippen LogP contribution in [0.3, 0.4) is 0 Å². The molecule has 4 heteroatoms. The standard InChI is InChI=1S/C21H28FNO2/c1-4-17(24)23-19-20(2,3)13-11-15-18(14-7-5-6-8-16(14)22)25-10-9-21(15,19)12-13/h5-8,13,15,18-19H,4,9-12H2,1-3H3,(H,23,24)/t13-,15-,18-,19-,21-/m1/s1. The van der Waals surface area contributed by atoms with Crippen LogP contribution in [0.1, 0.15) is 58.1 Å². The zero-order chi connectivity index (χ0) is 17.8. The monoisotopic (exact) mass is 345 g/mol. The number of hydrogen-bond donors (Lipinski definition) is 1. The van der Waals surface area contributed by atoms with Gasteiger partial charge in [0.25, 0.3) is 0 Å². The van der Waals surface area contributed by atoms with Crippen LogP contribution >= 0.6 is 0 Å². The highest BCUT2D eigenvalue weighted by Crippen LogP contribution is 2.70. The lowest BCUT2D eigenvalue weighted by molar-refractivity contribution is -0.137. The van der Waals surface area contributed by atoms with Crippen LogP contribution in [0.5, 0.6) is 0 Å². The Bertz CT molecular complexity index is 688. The Morgan fingerprint density at radius 3 is 2.84 bits per heavy atom. The lowest BCUT2D eigenvalue weighted by atomic mass is 9.58. The lowest BCUT2D eigenvalue weighted by Crippen LogP contribution is -2.58. The summed E-state index contributed by atoms with van der Waals surface area (Å²) in [5, 5.41) is 3.34. The number of fused-ring (bicyclic) bond motifs is 1. The second-order valence-electron chi connectivity index (χ2n) is 8.71. The Balaban J connectivity index is 1.72. The Kier molecular flexibility index (Phi) is 3.95. The van der Waals surface area contributed by atoms with Crippen molar-refractivity contribution in [3.8, 4) is 0 Å². The average Bonchev–Trinajstić information content (AvgIpc) is 3.08. The van der Waals surface area contributed by atoms with Crippen molar-refractivity contribution in [1.82, 2.24) is 5.32 Å². The quantitative estimate of drug-likeness (QED) is 0.890. The molecular weight excluding hydrogens is 317 g/mol. The van der Waals surface area contributed by atoms with E-state index in [1.807, 2.05) is 19.1 Å². The number of halogens is 1. The molecule has 1 aromatic carbocycles. The molecule has 1 amide bonds. The van der Waals surface area contributed by atoms with Crippen LogP contribution in [0.2, 0.25) is 0 Å². The van der Waals surface area contributed by atoms with Gasteiger partial charge in [0.15, 0.2) is 0 Å². The Hall–Kier alpha value is -1.42. The molecule has 2 bridgehead atoms. The first kappa shape index (κ1) is 17.0. The molecule has 1 spiro atoms. The van der Waals surface area contributed by atoms with E-state index >= 15 is 0 Å². The number of hydrogen-bond acceptors (Lipinski definition) is 2. The maximum Gasteiger partial charge on any atom is 0.219 e. The third-order valence-electron chi connectivity index (χ3n) is 7.34. The summed E-state index contributed by atoms with van der Waals surface area (Å²) in [5.41, 5.74) is 0.792. The van der Waals surface area contributed by atoms with E-state index in [4.69, 9.17) is 4.74 Å². The van der Waals surface area contributed by atoms with E-state index in [2.05, 4.69) is 19.2 Å². The van der Waals surface area contributed by atoms with E-state index < -0.39 is 0 Å². The molecule has 1 aromatic rings.